The van der Waals surface area contributed by atoms with E-state index in [0.717, 1.165) is 6.07 Å². The number of benzene rings is 1. The van der Waals surface area contributed by atoms with E-state index in [-0.39, 0.29) is 41.0 Å². The lowest BCUT2D eigenvalue weighted by Crippen LogP contribution is -2.27. The Labute approximate surface area is 111 Å². The molecule has 4 atom stereocenters. The van der Waals surface area contributed by atoms with E-state index in [1.807, 2.05) is 20.8 Å². The Kier molecular flexibility index (Phi) is 3.72. The fraction of sp³-hybridized carbons (Fsp3) is 0.533. The average molecular weight is 268 g/mol. The Balaban J connectivity index is 2.37. The van der Waals surface area contributed by atoms with E-state index in [2.05, 4.69) is 0 Å². The Morgan fingerprint density at radius 2 is 1.74 bits per heavy atom. The van der Waals surface area contributed by atoms with Crippen LogP contribution in [0, 0.1) is 30.4 Å². The zero-order chi connectivity index (χ0) is 14.3. The van der Waals surface area contributed by atoms with Crippen LogP contribution in [0.2, 0.25) is 0 Å². The molecule has 4 heteroatoms. The first-order valence-corrected chi connectivity index (χ1v) is 6.48. The van der Waals surface area contributed by atoms with Crippen LogP contribution >= 0.6 is 0 Å². The summed E-state index contributed by atoms with van der Waals surface area (Å²) in [6.07, 6.45) is -0.282. The van der Waals surface area contributed by atoms with Crippen molar-refractivity contribution in [2.75, 3.05) is 0 Å². The Hall–Kier alpha value is -1.29. The second-order valence-electron chi connectivity index (χ2n) is 5.38. The first-order valence-electron chi connectivity index (χ1n) is 6.48. The van der Waals surface area contributed by atoms with Gasteiger partial charge in [-0.25, -0.2) is 8.78 Å². The molecule has 4 unspecified atom stereocenters. The zero-order valence-electron chi connectivity index (χ0n) is 11.5. The lowest BCUT2D eigenvalue weighted by molar-refractivity contribution is 0.0490. The van der Waals surface area contributed by atoms with Crippen molar-refractivity contribution in [2.45, 2.75) is 39.9 Å². The molecule has 0 aliphatic carbocycles. The summed E-state index contributed by atoms with van der Waals surface area (Å²) in [6, 6.07) is 2.06. The normalized spacial score (nSPS) is 30.6. The Morgan fingerprint density at radius 1 is 1.11 bits per heavy atom. The van der Waals surface area contributed by atoms with E-state index >= 15 is 0 Å². The van der Waals surface area contributed by atoms with Gasteiger partial charge in [0.1, 0.15) is 11.6 Å². The fourth-order valence-corrected chi connectivity index (χ4v) is 2.74. The predicted molar refractivity (Wildman–Crippen MR) is 68.1 cm³/mol. The van der Waals surface area contributed by atoms with Crippen LogP contribution in [0.15, 0.2) is 12.1 Å². The van der Waals surface area contributed by atoms with Gasteiger partial charge in [0.15, 0.2) is 5.78 Å². The molecule has 1 heterocycles. The number of aryl methyl sites for hydroxylation is 1. The highest BCUT2D eigenvalue weighted by atomic mass is 19.1. The van der Waals surface area contributed by atoms with Gasteiger partial charge in [0, 0.05) is 6.07 Å². The molecule has 1 saturated heterocycles. The molecule has 1 aliphatic rings. The molecule has 2 nitrogen and oxygen atoms in total. The van der Waals surface area contributed by atoms with E-state index in [0.29, 0.717) is 0 Å². The van der Waals surface area contributed by atoms with Gasteiger partial charge in [-0.05, 0) is 38.3 Å². The van der Waals surface area contributed by atoms with Gasteiger partial charge >= 0.3 is 0 Å². The molecule has 1 aromatic carbocycles. The summed E-state index contributed by atoms with van der Waals surface area (Å²) in [5.41, 5.74) is 0.234. The lowest BCUT2D eigenvalue weighted by Gasteiger charge is -2.17. The van der Waals surface area contributed by atoms with Gasteiger partial charge in [-0.15, -0.1) is 0 Å². The van der Waals surface area contributed by atoms with Crippen LogP contribution in [-0.4, -0.2) is 18.0 Å². The van der Waals surface area contributed by atoms with Gasteiger partial charge in [-0.1, -0.05) is 6.92 Å². The van der Waals surface area contributed by atoms with Crippen LogP contribution in [0.1, 0.15) is 36.7 Å². The zero-order valence-corrected chi connectivity index (χ0v) is 11.5. The van der Waals surface area contributed by atoms with E-state index in [1.165, 1.54) is 13.0 Å². The Morgan fingerprint density at radius 3 is 2.26 bits per heavy atom. The highest BCUT2D eigenvalue weighted by molar-refractivity contribution is 5.99. The summed E-state index contributed by atoms with van der Waals surface area (Å²) in [5.74, 6) is -2.09. The molecule has 0 bridgehead atoms. The van der Waals surface area contributed by atoms with E-state index in [1.54, 1.807) is 0 Å². The molecule has 1 aromatic rings. The summed E-state index contributed by atoms with van der Waals surface area (Å²) >= 11 is 0. The van der Waals surface area contributed by atoms with Gasteiger partial charge in [-0.2, -0.15) is 0 Å². The van der Waals surface area contributed by atoms with Crippen molar-refractivity contribution in [1.82, 2.24) is 0 Å². The molecule has 104 valence electrons. The first-order chi connectivity index (χ1) is 8.82. The number of carbonyl (C=O) groups is 1. The van der Waals surface area contributed by atoms with Crippen LogP contribution in [0.4, 0.5) is 8.78 Å². The minimum Gasteiger partial charge on any atom is -0.374 e. The van der Waals surface area contributed by atoms with E-state index in [4.69, 9.17) is 4.74 Å². The molecule has 19 heavy (non-hydrogen) atoms. The molecule has 0 saturated carbocycles. The maximum absolute atomic E-state index is 13.8. The van der Waals surface area contributed by atoms with Crippen molar-refractivity contribution in [3.8, 4) is 0 Å². The smallest absolute Gasteiger partial charge is 0.171 e. The van der Waals surface area contributed by atoms with Crippen LogP contribution < -0.4 is 0 Å². The molecule has 0 amide bonds. The fourth-order valence-electron chi connectivity index (χ4n) is 2.74. The molecule has 0 N–H and O–H groups in total. The lowest BCUT2D eigenvalue weighted by atomic mass is 9.83. The van der Waals surface area contributed by atoms with Crippen molar-refractivity contribution in [2.24, 2.45) is 11.8 Å². The molecule has 1 fully saturated rings. The summed E-state index contributed by atoms with van der Waals surface area (Å²) < 4.78 is 32.6. The van der Waals surface area contributed by atoms with Crippen molar-refractivity contribution >= 4 is 5.78 Å². The summed E-state index contributed by atoms with van der Waals surface area (Å²) in [7, 11) is 0. The SMILES string of the molecule is Cc1cc(C(=O)C2C(C)OC(C)C2C)c(F)cc1F. The molecular formula is C15H18F2O2. The van der Waals surface area contributed by atoms with Crippen LogP contribution in [0.3, 0.4) is 0 Å². The highest BCUT2D eigenvalue weighted by Gasteiger charge is 2.42. The molecule has 2 rings (SSSR count). The molecule has 0 spiro atoms. The first kappa shape index (κ1) is 14.1. The molecule has 0 aromatic heterocycles. The second-order valence-corrected chi connectivity index (χ2v) is 5.38. The van der Waals surface area contributed by atoms with Crippen molar-refractivity contribution in [3.05, 3.63) is 34.9 Å². The molecular weight excluding hydrogens is 250 g/mol. The van der Waals surface area contributed by atoms with Gasteiger partial charge in [0.05, 0.1) is 23.7 Å². The number of hydrogen-bond donors (Lipinski definition) is 0. The average Bonchev–Trinajstić information content (AvgIpc) is 2.57. The van der Waals surface area contributed by atoms with E-state index in [9.17, 15) is 13.6 Å². The highest BCUT2D eigenvalue weighted by Crippen LogP contribution is 2.35. The van der Waals surface area contributed by atoms with Crippen LogP contribution in [0.5, 0.6) is 0 Å². The van der Waals surface area contributed by atoms with E-state index < -0.39 is 11.6 Å². The third kappa shape index (κ3) is 2.41. The van der Waals surface area contributed by atoms with Crippen molar-refractivity contribution < 1.29 is 18.3 Å². The number of carbonyl (C=O) groups excluding carboxylic acids is 1. The number of halogens is 2. The topological polar surface area (TPSA) is 26.3 Å². The minimum absolute atomic E-state index is 0.0206. The third-order valence-electron chi connectivity index (χ3n) is 4.06. The van der Waals surface area contributed by atoms with Gasteiger partial charge in [-0.3, -0.25) is 4.79 Å². The van der Waals surface area contributed by atoms with Gasteiger partial charge in [0.2, 0.25) is 0 Å². The van der Waals surface area contributed by atoms with Crippen LogP contribution in [0.25, 0.3) is 0 Å². The Bertz CT molecular complexity index is 513. The summed E-state index contributed by atoms with van der Waals surface area (Å²) in [6.45, 7) is 7.16. The largest absolute Gasteiger partial charge is 0.374 e. The summed E-state index contributed by atoms with van der Waals surface area (Å²) in [4.78, 5) is 12.5. The van der Waals surface area contributed by atoms with Crippen molar-refractivity contribution in [3.63, 3.8) is 0 Å². The van der Waals surface area contributed by atoms with Gasteiger partial charge < -0.3 is 4.74 Å². The van der Waals surface area contributed by atoms with Crippen LogP contribution in [-0.2, 0) is 4.74 Å². The number of hydrogen-bond acceptors (Lipinski definition) is 2. The molecule has 1 aliphatic heterocycles. The quantitative estimate of drug-likeness (QED) is 0.767. The number of ketones is 1. The minimum atomic E-state index is -0.799. The van der Waals surface area contributed by atoms with Gasteiger partial charge in [0.25, 0.3) is 0 Å². The number of rotatable bonds is 2. The number of Topliss-reactive ketones (excluding diaryl/α,β-unsaturated/α-hetero) is 1. The second kappa shape index (κ2) is 5.00. The third-order valence-corrected chi connectivity index (χ3v) is 4.06. The standard InChI is InChI=1S/C15H18F2O2/c1-7-5-11(13(17)6-12(7)16)15(18)14-8(2)9(3)19-10(14)4/h5-6,8-10,14H,1-4H3. The monoisotopic (exact) mass is 268 g/mol. The molecule has 0 radical (unpaired) electrons. The predicted octanol–water partition coefficient (Wildman–Crippen LogP) is 3.52. The maximum Gasteiger partial charge on any atom is 0.171 e. The summed E-state index contributed by atoms with van der Waals surface area (Å²) in [5, 5.41) is 0. The number of ether oxygens (including phenoxy) is 1. The van der Waals surface area contributed by atoms with Crippen molar-refractivity contribution in [1.29, 1.82) is 0 Å². The maximum atomic E-state index is 13.8.